The van der Waals surface area contributed by atoms with Crippen molar-refractivity contribution in [3.8, 4) is 22.5 Å². The maximum Gasteiger partial charge on any atom is 0.401 e. The first-order valence-electron chi connectivity index (χ1n) is 9.47. The van der Waals surface area contributed by atoms with E-state index in [4.69, 9.17) is 0 Å². The Morgan fingerprint density at radius 3 is 2.66 bits per heavy atom. The van der Waals surface area contributed by atoms with Gasteiger partial charge >= 0.3 is 6.18 Å². The molecule has 1 saturated heterocycles. The fourth-order valence-corrected chi connectivity index (χ4v) is 3.74. The molecule has 1 fully saturated rings. The number of pyridine rings is 1. The first-order chi connectivity index (χ1) is 13.9. The lowest BCUT2D eigenvalue weighted by Gasteiger charge is -2.34. The van der Waals surface area contributed by atoms with Gasteiger partial charge in [-0.25, -0.2) is 9.37 Å². The van der Waals surface area contributed by atoms with Crippen molar-refractivity contribution in [2.45, 2.75) is 31.5 Å². The molecule has 1 atom stereocenters. The number of H-pyrrole nitrogens is 1. The predicted molar refractivity (Wildman–Crippen MR) is 101 cm³/mol. The highest BCUT2D eigenvalue weighted by Gasteiger charge is 2.36. The van der Waals surface area contributed by atoms with Gasteiger partial charge in [0.25, 0.3) is 0 Å². The smallest absolute Gasteiger partial charge is 0.347 e. The van der Waals surface area contributed by atoms with Crippen LogP contribution in [0.4, 0.5) is 17.6 Å². The average Bonchev–Trinajstić information content (AvgIpc) is 3.17. The van der Waals surface area contributed by atoms with Gasteiger partial charge in [0.1, 0.15) is 11.6 Å². The number of aromatic nitrogens is 3. The molecule has 8 heteroatoms. The highest BCUT2D eigenvalue weighted by atomic mass is 19.4. The normalized spacial score (nSPS) is 18.1. The number of hydrogen-bond acceptors (Lipinski definition) is 3. The van der Waals surface area contributed by atoms with E-state index in [0.717, 1.165) is 18.4 Å². The van der Waals surface area contributed by atoms with Crippen LogP contribution >= 0.6 is 0 Å². The number of likely N-dealkylation sites (tertiary alicyclic amines) is 1. The lowest BCUT2D eigenvalue weighted by molar-refractivity contribution is -0.154. The van der Waals surface area contributed by atoms with Gasteiger partial charge in [-0.05, 0) is 43.7 Å². The van der Waals surface area contributed by atoms with E-state index >= 15 is 0 Å². The maximum absolute atomic E-state index is 13.4. The van der Waals surface area contributed by atoms with Crippen LogP contribution in [0, 0.1) is 5.82 Å². The van der Waals surface area contributed by atoms with E-state index in [1.807, 2.05) is 6.07 Å². The lowest BCUT2D eigenvalue weighted by atomic mass is 10.0. The number of piperidine rings is 1. The van der Waals surface area contributed by atoms with Crippen molar-refractivity contribution >= 4 is 0 Å². The molecule has 1 N–H and O–H groups in total. The molecular weight excluding hydrogens is 384 g/mol. The van der Waals surface area contributed by atoms with E-state index in [1.165, 1.54) is 17.0 Å². The first-order valence-corrected chi connectivity index (χ1v) is 9.47. The van der Waals surface area contributed by atoms with Gasteiger partial charge in [-0.2, -0.15) is 13.2 Å². The second-order valence-electron chi connectivity index (χ2n) is 7.21. The molecule has 1 unspecified atom stereocenters. The number of hydrogen-bond donors (Lipinski definition) is 1. The number of imidazole rings is 1. The molecule has 0 radical (unpaired) electrons. The van der Waals surface area contributed by atoms with Crippen molar-refractivity contribution in [2.24, 2.45) is 0 Å². The molecule has 1 aromatic carbocycles. The van der Waals surface area contributed by atoms with Gasteiger partial charge in [-0.1, -0.05) is 18.6 Å². The standard InChI is InChI=1S/C21H20F4N4/c22-16-5-3-4-14(10-16)17-8-7-15(11-26-17)18-12-27-20(28-18)19-6-1-2-9-29(19)13-21(23,24)25/h3-5,7-8,10-12,19H,1-2,6,9,13H2,(H,27,28). The van der Waals surface area contributed by atoms with Gasteiger partial charge in [0.15, 0.2) is 0 Å². The van der Waals surface area contributed by atoms with E-state index in [2.05, 4.69) is 15.0 Å². The fourth-order valence-electron chi connectivity index (χ4n) is 3.74. The molecule has 152 valence electrons. The molecule has 0 saturated carbocycles. The van der Waals surface area contributed by atoms with Crippen molar-refractivity contribution in [1.82, 2.24) is 19.9 Å². The van der Waals surface area contributed by atoms with E-state index in [0.29, 0.717) is 35.7 Å². The molecule has 0 bridgehead atoms. The molecule has 0 aliphatic carbocycles. The lowest BCUT2D eigenvalue weighted by Crippen LogP contribution is -2.40. The zero-order valence-corrected chi connectivity index (χ0v) is 15.6. The third kappa shape index (κ3) is 4.64. The summed E-state index contributed by atoms with van der Waals surface area (Å²) in [4.78, 5) is 13.4. The van der Waals surface area contributed by atoms with Crippen LogP contribution in [-0.2, 0) is 0 Å². The second kappa shape index (κ2) is 7.94. The number of aromatic amines is 1. The van der Waals surface area contributed by atoms with Crippen LogP contribution in [0.25, 0.3) is 22.5 Å². The van der Waals surface area contributed by atoms with Crippen molar-refractivity contribution in [3.63, 3.8) is 0 Å². The van der Waals surface area contributed by atoms with Gasteiger partial charge in [0.2, 0.25) is 0 Å². The summed E-state index contributed by atoms with van der Waals surface area (Å²) >= 11 is 0. The quantitative estimate of drug-likeness (QED) is 0.595. The highest BCUT2D eigenvalue weighted by molar-refractivity contribution is 5.64. The molecule has 2 aromatic heterocycles. The third-order valence-corrected chi connectivity index (χ3v) is 5.09. The molecule has 4 rings (SSSR count). The number of nitrogens with one attached hydrogen (secondary N) is 1. The Morgan fingerprint density at radius 2 is 1.93 bits per heavy atom. The summed E-state index contributed by atoms with van der Waals surface area (Å²) in [7, 11) is 0. The Labute approximate surface area is 165 Å². The number of halogens is 4. The predicted octanol–water partition coefficient (Wildman–Crippen LogP) is 5.37. The van der Waals surface area contributed by atoms with Gasteiger partial charge in [0.05, 0.1) is 24.0 Å². The van der Waals surface area contributed by atoms with Crippen molar-refractivity contribution in [1.29, 1.82) is 0 Å². The molecule has 3 aromatic rings. The van der Waals surface area contributed by atoms with E-state index in [1.54, 1.807) is 30.6 Å². The minimum absolute atomic E-state index is 0.332. The number of benzene rings is 1. The topological polar surface area (TPSA) is 44.8 Å². The number of alkyl halides is 3. The summed E-state index contributed by atoms with van der Waals surface area (Å²) in [6.45, 7) is -0.526. The molecule has 29 heavy (non-hydrogen) atoms. The fraction of sp³-hybridized carbons (Fsp3) is 0.333. The molecule has 4 nitrogen and oxygen atoms in total. The van der Waals surface area contributed by atoms with Crippen LogP contribution in [0.2, 0.25) is 0 Å². The zero-order chi connectivity index (χ0) is 20.4. The van der Waals surface area contributed by atoms with Gasteiger partial charge in [-0.3, -0.25) is 9.88 Å². The number of rotatable bonds is 4. The van der Waals surface area contributed by atoms with Gasteiger partial charge in [0, 0.05) is 23.5 Å². The summed E-state index contributed by atoms with van der Waals surface area (Å²) in [5, 5.41) is 0. The minimum atomic E-state index is -4.23. The Hall–Kier alpha value is -2.74. The minimum Gasteiger partial charge on any atom is -0.347 e. The Balaban J connectivity index is 1.54. The summed E-state index contributed by atoms with van der Waals surface area (Å²) in [6.07, 6.45) is 1.36. The van der Waals surface area contributed by atoms with E-state index in [-0.39, 0.29) is 11.9 Å². The summed E-state index contributed by atoms with van der Waals surface area (Å²) in [5.74, 6) is 0.208. The number of nitrogens with zero attached hydrogens (tertiary/aromatic N) is 3. The molecule has 1 aliphatic rings. The summed E-state index contributed by atoms with van der Waals surface area (Å²) < 4.78 is 52.1. The molecule has 0 amide bonds. The first kappa shape index (κ1) is 19.6. The van der Waals surface area contributed by atoms with Gasteiger partial charge in [-0.15, -0.1) is 0 Å². The molecule has 1 aliphatic heterocycles. The highest BCUT2D eigenvalue weighted by Crippen LogP contribution is 2.33. The van der Waals surface area contributed by atoms with Crippen LogP contribution in [0.15, 0.2) is 48.8 Å². The maximum atomic E-state index is 13.4. The monoisotopic (exact) mass is 404 g/mol. The molecular formula is C21H20F4N4. The molecule has 3 heterocycles. The van der Waals surface area contributed by atoms with Gasteiger partial charge < -0.3 is 4.98 Å². The van der Waals surface area contributed by atoms with Crippen molar-refractivity contribution in [3.05, 3.63) is 60.4 Å². The SMILES string of the molecule is Fc1cccc(-c2ccc(-c3c[nH]c(C4CCCCN4CC(F)(F)F)n3)cn2)c1. The zero-order valence-electron chi connectivity index (χ0n) is 15.6. The Morgan fingerprint density at radius 1 is 1.07 bits per heavy atom. The summed E-state index contributed by atoms with van der Waals surface area (Å²) in [6, 6.07) is 9.39. The van der Waals surface area contributed by atoms with Crippen LogP contribution < -0.4 is 0 Å². The van der Waals surface area contributed by atoms with Crippen LogP contribution in [0.1, 0.15) is 31.1 Å². The third-order valence-electron chi connectivity index (χ3n) is 5.09. The Kier molecular flexibility index (Phi) is 5.36. The van der Waals surface area contributed by atoms with Crippen LogP contribution in [-0.4, -0.2) is 39.1 Å². The van der Waals surface area contributed by atoms with E-state index < -0.39 is 12.7 Å². The average molecular weight is 404 g/mol. The van der Waals surface area contributed by atoms with Crippen LogP contribution in [0.5, 0.6) is 0 Å². The van der Waals surface area contributed by atoms with Crippen LogP contribution in [0.3, 0.4) is 0 Å². The van der Waals surface area contributed by atoms with E-state index in [9.17, 15) is 17.6 Å². The second-order valence-corrected chi connectivity index (χ2v) is 7.21. The molecule has 0 spiro atoms. The largest absolute Gasteiger partial charge is 0.401 e. The van der Waals surface area contributed by atoms with Crippen molar-refractivity contribution < 1.29 is 17.6 Å². The Bertz CT molecular complexity index is 965. The van der Waals surface area contributed by atoms with Crippen molar-refractivity contribution in [2.75, 3.05) is 13.1 Å². The summed E-state index contributed by atoms with van der Waals surface area (Å²) in [5.41, 5.74) is 2.67.